The Morgan fingerprint density at radius 3 is 2.05 bits per heavy atom. The molecule has 5 amide bonds. The number of hydrogen-bond donors (Lipinski definition) is 3. The average Bonchev–Trinajstić information content (AvgIpc) is 3.44. The fourth-order valence-corrected chi connectivity index (χ4v) is 5.80. The molecule has 10 heteroatoms. The lowest BCUT2D eigenvalue weighted by atomic mass is 9.95. The minimum Gasteiger partial charge on any atom is -0.342 e. The molecule has 2 fully saturated rings. The zero-order valence-electron chi connectivity index (χ0n) is 26.2. The summed E-state index contributed by atoms with van der Waals surface area (Å²) in [5.74, 6) is -2.43. The molecule has 232 valence electrons. The van der Waals surface area contributed by atoms with Crippen molar-refractivity contribution in [3.05, 3.63) is 35.9 Å². The van der Waals surface area contributed by atoms with E-state index in [1.165, 1.54) is 4.90 Å². The molecule has 6 atom stereocenters. The van der Waals surface area contributed by atoms with E-state index in [-0.39, 0.29) is 36.0 Å². The lowest BCUT2D eigenvalue weighted by Gasteiger charge is -2.34. The number of benzene rings is 1. The number of nitrogens with zero attached hydrogens (tertiary/aromatic N) is 2. The van der Waals surface area contributed by atoms with Crippen LogP contribution >= 0.6 is 0 Å². The number of carbonyl (C=O) groups is 5. The number of amides is 5. The summed E-state index contributed by atoms with van der Waals surface area (Å²) in [6.07, 6.45) is 2.38. The maximum atomic E-state index is 14.0. The molecule has 0 aromatic heterocycles. The lowest BCUT2D eigenvalue weighted by Crippen LogP contribution is -2.60. The first-order valence-corrected chi connectivity index (χ1v) is 15.4. The Hall–Kier alpha value is -3.43. The Balaban J connectivity index is 2.10. The topological polar surface area (TPSA) is 128 Å². The summed E-state index contributed by atoms with van der Waals surface area (Å²) in [5.41, 5.74) is 0.865. The van der Waals surface area contributed by atoms with Gasteiger partial charge in [0, 0.05) is 20.0 Å². The third-order valence-electron chi connectivity index (χ3n) is 8.57. The van der Waals surface area contributed by atoms with Crippen LogP contribution in [0.3, 0.4) is 0 Å². The minimum atomic E-state index is -0.931. The van der Waals surface area contributed by atoms with Gasteiger partial charge in [-0.05, 0) is 42.6 Å². The Bertz CT molecular complexity index is 1120. The summed E-state index contributed by atoms with van der Waals surface area (Å²) in [7, 11) is 1.59. The van der Waals surface area contributed by atoms with Crippen LogP contribution in [0.5, 0.6) is 0 Å². The summed E-state index contributed by atoms with van der Waals surface area (Å²) >= 11 is 0. The summed E-state index contributed by atoms with van der Waals surface area (Å²) < 4.78 is 0. The van der Waals surface area contributed by atoms with Gasteiger partial charge in [-0.2, -0.15) is 0 Å². The molecule has 0 saturated carbocycles. The number of fused-ring (bicyclic) bond motifs is 1. The second-order valence-electron chi connectivity index (χ2n) is 12.6. The fourth-order valence-electron chi connectivity index (χ4n) is 5.80. The van der Waals surface area contributed by atoms with Crippen LogP contribution in [-0.2, 0) is 30.4 Å². The van der Waals surface area contributed by atoms with Gasteiger partial charge in [0.15, 0.2) is 0 Å². The van der Waals surface area contributed by atoms with E-state index >= 15 is 0 Å². The predicted octanol–water partition coefficient (Wildman–Crippen LogP) is 2.26. The second kappa shape index (κ2) is 14.6. The molecule has 0 aliphatic carbocycles. The van der Waals surface area contributed by atoms with Gasteiger partial charge in [0.2, 0.25) is 29.5 Å². The van der Waals surface area contributed by atoms with E-state index in [9.17, 15) is 24.0 Å². The quantitative estimate of drug-likeness (QED) is 0.454. The number of rotatable bonds is 7. The van der Waals surface area contributed by atoms with E-state index in [0.717, 1.165) is 5.56 Å². The number of carbonyl (C=O) groups excluding carboxylic acids is 5. The van der Waals surface area contributed by atoms with E-state index in [1.807, 2.05) is 71.9 Å². The number of hydrogen-bond acceptors (Lipinski definition) is 5. The van der Waals surface area contributed by atoms with Crippen LogP contribution in [0.2, 0.25) is 0 Å². The summed E-state index contributed by atoms with van der Waals surface area (Å²) in [4.78, 5) is 72.2. The van der Waals surface area contributed by atoms with Crippen LogP contribution < -0.4 is 16.0 Å². The number of nitrogens with one attached hydrogen (secondary N) is 3. The molecule has 1 aromatic carbocycles. The van der Waals surface area contributed by atoms with Crippen molar-refractivity contribution in [3.63, 3.8) is 0 Å². The fraction of sp³-hybridized carbons (Fsp3) is 0.656. The maximum Gasteiger partial charge on any atom is 0.245 e. The first kappa shape index (κ1) is 33.1. The molecular formula is C32H49N5O5. The molecule has 10 nitrogen and oxygen atoms in total. The van der Waals surface area contributed by atoms with Gasteiger partial charge in [0.05, 0.1) is 0 Å². The molecular weight excluding hydrogens is 534 g/mol. The molecule has 42 heavy (non-hydrogen) atoms. The van der Waals surface area contributed by atoms with Crippen LogP contribution in [0.25, 0.3) is 0 Å². The van der Waals surface area contributed by atoms with Crippen molar-refractivity contribution in [1.82, 2.24) is 25.8 Å². The standard InChI is InChI=1S/C32H49N5O5/c1-8-21(6)27-30(40)33-23(17-19(2)3)31(41)37-16-12-15-24(37)32(42)36(7)25(18-22-13-10-9-11-14-22)28(38)34-26(20(4)5)29(39)35-27/h9-11,13-14,19-21,23-27H,8,12,15-18H2,1-7H3,(H,33,40)(H,34,38)(H,35,39)/t21-,23+,24+,25+,26+,27-/m1/s1. The lowest BCUT2D eigenvalue weighted by molar-refractivity contribution is -0.148. The zero-order chi connectivity index (χ0) is 31.1. The molecule has 2 saturated heterocycles. The summed E-state index contributed by atoms with van der Waals surface area (Å²) in [6, 6.07) is 5.09. The molecule has 0 bridgehead atoms. The van der Waals surface area contributed by atoms with Crippen molar-refractivity contribution in [2.75, 3.05) is 13.6 Å². The zero-order valence-corrected chi connectivity index (χ0v) is 26.2. The van der Waals surface area contributed by atoms with Crippen molar-refractivity contribution in [1.29, 1.82) is 0 Å². The summed E-state index contributed by atoms with van der Waals surface area (Å²) in [6.45, 7) is 11.8. The van der Waals surface area contributed by atoms with E-state index < -0.39 is 47.9 Å². The highest BCUT2D eigenvalue weighted by Crippen LogP contribution is 2.24. The molecule has 2 heterocycles. The van der Waals surface area contributed by atoms with Gasteiger partial charge in [-0.1, -0.05) is 78.3 Å². The Labute approximate surface area is 250 Å². The SMILES string of the molecule is CC[C@@H](C)[C@H]1NC(=O)[C@H](C(C)C)NC(=O)[C@H](Cc2ccccc2)N(C)C(=O)[C@@H]2CCCN2C(=O)[C@H](CC(C)C)NC1=O. The van der Waals surface area contributed by atoms with Crippen molar-refractivity contribution >= 4 is 29.5 Å². The van der Waals surface area contributed by atoms with Gasteiger partial charge < -0.3 is 25.8 Å². The molecule has 3 N–H and O–H groups in total. The van der Waals surface area contributed by atoms with Crippen LogP contribution in [0.4, 0.5) is 0 Å². The minimum absolute atomic E-state index is 0.0970. The molecule has 2 aliphatic rings. The summed E-state index contributed by atoms with van der Waals surface area (Å²) in [5, 5.41) is 8.71. The monoisotopic (exact) mass is 583 g/mol. The van der Waals surface area contributed by atoms with Crippen molar-refractivity contribution in [2.45, 2.75) is 104 Å². The van der Waals surface area contributed by atoms with Gasteiger partial charge in [-0.25, -0.2) is 0 Å². The Kier molecular flexibility index (Phi) is 11.5. The third-order valence-corrected chi connectivity index (χ3v) is 8.57. The van der Waals surface area contributed by atoms with E-state index in [2.05, 4.69) is 16.0 Å². The molecule has 0 unspecified atom stereocenters. The van der Waals surface area contributed by atoms with E-state index in [1.54, 1.807) is 11.9 Å². The van der Waals surface area contributed by atoms with Crippen molar-refractivity contribution < 1.29 is 24.0 Å². The van der Waals surface area contributed by atoms with Gasteiger partial charge in [-0.15, -0.1) is 0 Å². The molecule has 3 rings (SSSR count). The highest BCUT2D eigenvalue weighted by molar-refractivity contribution is 5.98. The van der Waals surface area contributed by atoms with Crippen molar-refractivity contribution in [3.8, 4) is 0 Å². The molecule has 0 radical (unpaired) electrons. The van der Waals surface area contributed by atoms with Crippen LogP contribution in [0.15, 0.2) is 30.3 Å². The molecule has 0 spiro atoms. The maximum absolute atomic E-state index is 14.0. The van der Waals surface area contributed by atoms with Gasteiger partial charge in [0.25, 0.3) is 0 Å². The first-order valence-electron chi connectivity index (χ1n) is 15.4. The van der Waals surface area contributed by atoms with E-state index in [4.69, 9.17) is 0 Å². The predicted molar refractivity (Wildman–Crippen MR) is 161 cm³/mol. The average molecular weight is 584 g/mol. The van der Waals surface area contributed by atoms with Gasteiger partial charge >= 0.3 is 0 Å². The van der Waals surface area contributed by atoms with Gasteiger partial charge in [0.1, 0.15) is 30.2 Å². The second-order valence-corrected chi connectivity index (χ2v) is 12.6. The third kappa shape index (κ3) is 7.89. The van der Waals surface area contributed by atoms with Crippen LogP contribution in [0, 0.1) is 17.8 Å². The number of likely N-dealkylation sites (N-methyl/N-ethyl adjacent to an activating group) is 1. The van der Waals surface area contributed by atoms with Crippen LogP contribution in [-0.4, -0.2) is 83.1 Å². The molecule has 1 aromatic rings. The van der Waals surface area contributed by atoms with Crippen molar-refractivity contribution in [2.24, 2.45) is 17.8 Å². The Morgan fingerprint density at radius 2 is 1.45 bits per heavy atom. The van der Waals surface area contributed by atoms with E-state index in [0.29, 0.717) is 32.2 Å². The smallest absolute Gasteiger partial charge is 0.245 e. The normalized spacial score (nSPS) is 27.3. The highest BCUT2D eigenvalue weighted by atomic mass is 16.2. The first-order chi connectivity index (χ1) is 19.8. The Morgan fingerprint density at radius 1 is 0.833 bits per heavy atom. The van der Waals surface area contributed by atoms with Crippen LogP contribution in [0.1, 0.15) is 72.8 Å². The van der Waals surface area contributed by atoms with Gasteiger partial charge in [-0.3, -0.25) is 24.0 Å². The molecule has 2 aliphatic heterocycles. The largest absolute Gasteiger partial charge is 0.342 e. The highest BCUT2D eigenvalue weighted by Gasteiger charge is 2.43.